The highest BCUT2D eigenvalue weighted by Gasteiger charge is 2.38. The van der Waals surface area contributed by atoms with Gasteiger partial charge in [0, 0.05) is 31.3 Å². The van der Waals surface area contributed by atoms with E-state index in [2.05, 4.69) is 10.3 Å². The quantitative estimate of drug-likeness (QED) is 0.880. The third-order valence-electron chi connectivity index (χ3n) is 3.66. The van der Waals surface area contributed by atoms with Crippen molar-refractivity contribution in [3.8, 4) is 11.5 Å². The highest BCUT2D eigenvalue weighted by molar-refractivity contribution is 8.15. The van der Waals surface area contributed by atoms with Crippen LogP contribution in [-0.2, 0) is 9.59 Å². The lowest BCUT2D eigenvalue weighted by atomic mass is 10.2. The molecule has 0 bridgehead atoms. The fourth-order valence-corrected chi connectivity index (χ4v) is 3.81. The molecule has 0 saturated carbocycles. The molecule has 1 fully saturated rings. The first-order valence-electron chi connectivity index (χ1n) is 7.84. The number of thioether (sulfide) groups is 1. The van der Waals surface area contributed by atoms with Gasteiger partial charge in [-0.25, -0.2) is 0 Å². The fraction of sp³-hybridized carbons (Fsp3) is 0.438. The fourth-order valence-electron chi connectivity index (χ4n) is 2.54. The van der Waals surface area contributed by atoms with Crippen molar-refractivity contribution in [2.45, 2.75) is 25.5 Å². The molecule has 0 aromatic heterocycles. The number of nitrogens with one attached hydrogen (secondary N) is 1. The number of aliphatic imine (C=N–C) groups is 1. The predicted octanol–water partition coefficient (Wildman–Crippen LogP) is 2.08. The van der Waals surface area contributed by atoms with E-state index < -0.39 is 5.25 Å². The van der Waals surface area contributed by atoms with Gasteiger partial charge in [0.1, 0.15) is 5.25 Å². The number of amides is 2. The molecule has 2 aliphatic rings. The Hall–Kier alpha value is -2.22. The average Bonchev–Trinajstić information content (AvgIpc) is 3.12. The Balaban J connectivity index is 1.63. The topological polar surface area (TPSA) is 80.2 Å². The Morgan fingerprint density at radius 2 is 2.17 bits per heavy atom. The molecule has 0 aliphatic carbocycles. The van der Waals surface area contributed by atoms with Crippen LogP contribution in [0.3, 0.4) is 0 Å². The zero-order valence-corrected chi connectivity index (χ0v) is 14.4. The number of ether oxygens (including phenoxy) is 2. The van der Waals surface area contributed by atoms with Crippen LogP contribution >= 0.6 is 11.8 Å². The molecular weight excluding hydrogens is 330 g/mol. The van der Waals surface area contributed by atoms with Crippen molar-refractivity contribution < 1.29 is 19.1 Å². The standard InChI is InChI=1S/C16H19N3O4S/c1-3-17-16-19(4-2)15(21)13(24-16)8-14(20)18-10-5-6-11-12(7-10)23-9-22-11/h5-7,13H,3-4,8-9H2,1-2H3,(H,18,20)/t13-/m0/s1. The van der Waals surface area contributed by atoms with Gasteiger partial charge >= 0.3 is 0 Å². The third-order valence-corrected chi connectivity index (χ3v) is 4.87. The first kappa shape index (κ1) is 16.6. The van der Waals surface area contributed by atoms with Gasteiger partial charge in [0.05, 0.1) is 0 Å². The second kappa shape index (κ2) is 7.12. The SMILES string of the molecule is CCN=C1S[C@@H](CC(=O)Nc2ccc3c(c2)OCO3)C(=O)N1CC. The first-order valence-corrected chi connectivity index (χ1v) is 8.72. The molecule has 7 nitrogen and oxygen atoms in total. The summed E-state index contributed by atoms with van der Waals surface area (Å²) in [5.41, 5.74) is 0.620. The highest BCUT2D eigenvalue weighted by Crippen LogP contribution is 2.34. The van der Waals surface area contributed by atoms with Crippen LogP contribution in [0.25, 0.3) is 0 Å². The summed E-state index contributed by atoms with van der Waals surface area (Å²) < 4.78 is 10.5. The van der Waals surface area contributed by atoms with E-state index in [0.717, 1.165) is 0 Å². The number of benzene rings is 1. The number of anilines is 1. The second-order valence-electron chi connectivity index (χ2n) is 5.27. The van der Waals surface area contributed by atoms with E-state index in [1.807, 2.05) is 13.8 Å². The molecule has 128 valence electrons. The lowest BCUT2D eigenvalue weighted by molar-refractivity contribution is -0.128. The molecule has 8 heteroatoms. The molecule has 1 aromatic carbocycles. The lowest BCUT2D eigenvalue weighted by Gasteiger charge is -2.13. The van der Waals surface area contributed by atoms with Gasteiger partial charge in [-0.1, -0.05) is 11.8 Å². The molecule has 3 rings (SSSR count). The minimum Gasteiger partial charge on any atom is -0.454 e. The summed E-state index contributed by atoms with van der Waals surface area (Å²) in [6.45, 7) is 5.18. The zero-order chi connectivity index (χ0) is 17.1. The number of hydrogen-bond donors (Lipinski definition) is 1. The van der Waals surface area contributed by atoms with Gasteiger partial charge < -0.3 is 14.8 Å². The Kier molecular flexibility index (Phi) is 4.94. The van der Waals surface area contributed by atoms with E-state index in [-0.39, 0.29) is 25.0 Å². The summed E-state index contributed by atoms with van der Waals surface area (Å²) in [5, 5.41) is 3.07. The molecule has 2 heterocycles. The van der Waals surface area contributed by atoms with E-state index >= 15 is 0 Å². The Bertz CT molecular complexity index is 692. The van der Waals surface area contributed by atoms with Crippen LogP contribution < -0.4 is 14.8 Å². The minimum absolute atomic E-state index is 0.0597. The smallest absolute Gasteiger partial charge is 0.242 e. The van der Waals surface area contributed by atoms with Gasteiger partial charge in [-0.05, 0) is 26.0 Å². The molecule has 0 spiro atoms. The summed E-state index contributed by atoms with van der Waals surface area (Å²) >= 11 is 1.36. The van der Waals surface area contributed by atoms with Crippen molar-refractivity contribution >= 4 is 34.4 Å². The number of hydrogen-bond acceptors (Lipinski definition) is 6. The van der Waals surface area contributed by atoms with Crippen LogP contribution in [0.4, 0.5) is 5.69 Å². The van der Waals surface area contributed by atoms with Crippen LogP contribution in [-0.4, -0.2) is 47.0 Å². The van der Waals surface area contributed by atoms with Gasteiger partial charge in [0.25, 0.3) is 0 Å². The number of nitrogens with zero attached hydrogens (tertiary/aromatic N) is 2. The van der Waals surface area contributed by atoms with Crippen LogP contribution in [0, 0.1) is 0 Å². The van der Waals surface area contributed by atoms with E-state index in [1.54, 1.807) is 23.1 Å². The molecule has 0 unspecified atom stereocenters. The summed E-state index contributed by atoms with van der Waals surface area (Å²) in [6.07, 6.45) is 0.108. The minimum atomic E-state index is -0.427. The van der Waals surface area contributed by atoms with Crippen molar-refractivity contribution in [1.82, 2.24) is 4.90 Å². The monoisotopic (exact) mass is 349 g/mol. The lowest BCUT2D eigenvalue weighted by Crippen LogP contribution is -2.33. The molecule has 2 aliphatic heterocycles. The number of fused-ring (bicyclic) bond motifs is 1. The average molecular weight is 349 g/mol. The first-order chi connectivity index (χ1) is 11.6. The van der Waals surface area contributed by atoms with Crippen molar-refractivity contribution in [3.05, 3.63) is 18.2 Å². The Labute approximate surface area is 144 Å². The van der Waals surface area contributed by atoms with Crippen LogP contribution in [0.2, 0.25) is 0 Å². The maximum Gasteiger partial charge on any atom is 0.242 e. The summed E-state index contributed by atoms with van der Waals surface area (Å²) in [4.78, 5) is 30.6. The number of carbonyl (C=O) groups excluding carboxylic acids is 2. The normalized spacial score (nSPS) is 20.8. The third kappa shape index (κ3) is 3.33. The van der Waals surface area contributed by atoms with Gasteiger partial charge in [-0.2, -0.15) is 0 Å². The van der Waals surface area contributed by atoms with Crippen molar-refractivity contribution in [2.75, 3.05) is 25.2 Å². The van der Waals surface area contributed by atoms with E-state index in [4.69, 9.17) is 9.47 Å². The highest BCUT2D eigenvalue weighted by atomic mass is 32.2. The molecule has 2 amide bonds. The van der Waals surface area contributed by atoms with E-state index in [1.165, 1.54) is 11.8 Å². The van der Waals surface area contributed by atoms with Crippen LogP contribution in [0.5, 0.6) is 11.5 Å². The number of carbonyl (C=O) groups is 2. The van der Waals surface area contributed by atoms with E-state index in [0.29, 0.717) is 35.4 Å². The van der Waals surface area contributed by atoms with Crippen LogP contribution in [0.15, 0.2) is 23.2 Å². The Morgan fingerprint density at radius 3 is 2.92 bits per heavy atom. The van der Waals surface area contributed by atoms with Gasteiger partial charge in [-0.3, -0.25) is 19.5 Å². The summed E-state index contributed by atoms with van der Waals surface area (Å²) in [6, 6.07) is 5.21. The molecule has 0 radical (unpaired) electrons. The maximum absolute atomic E-state index is 12.4. The molecule has 1 atom stereocenters. The molecule has 1 aromatic rings. The maximum atomic E-state index is 12.4. The van der Waals surface area contributed by atoms with Crippen molar-refractivity contribution in [1.29, 1.82) is 0 Å². The molecule has 24 heavy (non-hydrogen) atoms. The molecule has 1 N–H and O–H groups in total. The molecular formula is C16H19N3O4S. The van der Waals surface area contributed by atoms with Crippen molar-refractivity contribution in [3.63, 3.8) is 0 Å². The molecule has 1 saturated heterocycles. The Morgan fingerprint density at radius 1 is 1.38 bits per heavy atom. The summed E-state index contributed by atoms with van der Waals surface area (Å²) in [5.74, 6) is 0.992. The van der Waals surface area contributed by atoms with Gasteiger partial charge in [-0.15, -0.1) is 0 Å². The van der Waals surface area contributed by atoms with Gasteiger partial charge in [0.15, 0.2) is 16.7 Å². The van der Waals surface area contributed by atoms with E-state index in [9.17, 15) is 9.59 Å². The number of rotatable bonds is 5. The van der Waals surface area contributed by atoms with Gasteiger partial charge in [0.2, 0.25) is 18.6 Å². The predicted molar refractivity (Wildman–Crippen MR) is 92.6 cm³/mol. The number of amidine groups is 1. The largest absolute Gasteiger partial charge is 0.454 e. The summed E-state index contributed by atoms with van der Waals surface area (Å²) in [7, 11) is 0. The van der Waals surface area contributed by atoms with Crippen LogP contribution in [0.1, 0.15) is 20.3 Å². The zero-order valence-electron chi connectivity index (χ0n) is 13.6. The van der Waals surface area contributed by atoms with Crippen molar-refractivity contribution in [2.24, 2.45) is 4.99 Å². The second-order valence-corrected chi connectivity index (χ2v) is 6.44.